The van der Waals surface area contributed by atoms with Crippen LogP contribution in [0.3, 0.4) is 0 Å². The fourth-order valence-electron chi connectivity index (χ4n) is 1.80. The van der Waals surface area contributed by atoms with Crippen molar-refractivity contribution in [2.75, 3.05) is 0 Å². The molecule has 1 unspecified atom stereocenters. The first kappa shape index (κ1) is 18.2. The van der Waals surface area contributed by atoms with E-state index in [0.29, 0.717) is 10.8 Å². The molecule has 0 bridgehead atoms. The van der Waals surface area contributed by atoms with Crippen molar-refractivity contribution < 1.29 is 19.2 Å². The van der Waals surface area contributed by atoms with Crippen molar-refractivity contribution in [3.8, 4) is 5.75 Å². The van der Waals surface area contributed by atoms with Gasteiger partial charge in [0.1, 0.15) is 5.75 Å². The highest BCUT2D eigenvalue weighted by Gasteiger charge is 2.16. The summed E-state index contributed by atoms with van der Waals surface area (Å²) in [5, 5.41) is 11.1. The van der Waals surface area contributed by atoms with Crippen LogP contribution in [0.4, 0.5) is 5.69 Å². The Morgan fingerprint density at radius 3 is 2.24 bits per heavy atom. The molecular formula is C16H14ClN3O5. The van der Waals surface area contributed by atoms with Crippen LogP contribution in [-0.4, -0.2) is 22.8 Å². The molecule has 0 aliphatic rings. The fourth-order valence-corrected chi connectivity index (χ4v) is 1.92. The second-order valence-electron chi connectivity index (χ2n) is 4.96. The van der Waals surface area contributed by atoms with Crippen LogP contribution in [0.2, 0.25) is 5.02 Å². The number of amides is 2. The van der Waals surface area contributed by atoms with E-state index in [1.807, 2.05) is 0 Å². The third kappa shape index (κ3) is 5.18. The normalized spacial score (nSPS) is 11.3. The maximum absolute atomic E-state index is 11.9. The van der Waals surface area contributed by atoms with Crippen molar-refractivity contribution in [1.82, 2.24) is 10.9 Å². The summed E-state index contributed by atoms with van der Waals surface area (Å²) in [5.41, 5.74) is 4.47. The van der Waals surface area contributed by atoms with Crippen molar-refractivity contribution in [1.29, 1.82) is 0 Å². The zero-order valence-electron chi connectivity index (χ0n) is 13.1. The van der Waals surface area contributed by atoms with Gasteiger partial charge in [-0.25, -0.2) is 0 Å². The second-order valence-corrected chi connectivity index (χ2v) is 5.40. The van der Waals surface area contributed by atoms with Crippen LogP contribution >= 0.6 is 11.6 Å². The zero-order chi connectivity index (χ0) is 18.4. The van der Waals surface area contributed by atoms with E-state index in [1.54, 1.807) is 24.3 Å². The molecule has 8 nitrogen and oxygen atoms in total. The van der Waals surface area contributed by atoms with Crippen LogP contribution in [0.1, 0.15) is 17.3 Å². The Bertz CT molecular complexity index is 777. The monoisotopic (exact) mass is 363 g/mol. The van der Waals surface area contributed by atoms with Gasteiger partial charge in [-0.3, -0.25) is 30.6 Å². The number of hydrazine groups is 1. The maximum atomic E-state index is 11.9. The molecule has 25 heavy (non-hydrogen) atoms. The third-order valence-corrected chi connectivity index (χ3v) is 3.39. The highest BCUT2D eigenvalue weighted by Crippen LogP contribution is 2.16. The van der Waals surface area contributed by atoms with E-state index in [9.17, 15) is 19.7 Å². The minimum absolute atomic E-state index is 0.134. The predicted molar refractivity (Wildman–Crippen MR) is 90.2 cm³/mol. The van der Waals surface area contributed by atoms with Crippen molar-refractivity contribution in [2.24, 2.45) is 0 Å². The quantitative estimate of drug-likeness (QED) is 0.626. The molecule has 0 radical (unpaired) electrons. The topological polar surface area (TPSA) is 111 Å². The molecule has 2 aromatic carbocycles. The van der Waals surface area contributed by atoms with Crippen LogP contribution in [0, 0.1) is 10.1 Å². The minimum Gasteiger partial charge on any atom is -0.481 e. The summed E-state index contributed by atoms with van der Waals surface area (Å²) < 4.78 is 5.41. The van der Waals surface area contributed by atoms with E-state index in [-0.39, 0.29) is 11.3 Å². The second kappa shape index (κ2) is 8.11. The number of hydrogen-bond acceptors (Lipinski definition) is 5. The van der Waals surface area contributed by atoms with Crippen molar-refractivity contribution >= 4 is 29.1 Å². The number of benzene rings is 2. The molecule has 0 aromatic heterocycles. The van der Waals surface area contributed by atoms with Crippen molar-refractivity contribution in [3.63, 3.8) is 0 Å². The molecule has 0 spiro atoms. The predicted octanol–water partition coefficient (Wildman–Crippen LogP) is 2.48. The van der Waals surface area contributed by atoms with Crippen LogP contribution in [0.5, 0.6) is 5.75 Å². The lowest BCUT2D eigenvalue weighted by Crippen LogP contribution is -2.47. The molecule has 0 heterocycles. The Kier molecular flexibility index (Phi) is 5.91. The third-order valence-electron chi connectivity index (χ3n) is 3.14. The van der Waals surface area contributed by atoms with Crippen LogP contribution in [0.25, 0.3) is 0 Å². The first-order valence-electron chi connectivity index (χ1n) is 7.13. The number of nitrogens with zero attached hydrogens (tertiary/aromatic N) is 1. The highest BCUT2D eigenvalue weighted by atomic mass is 35.5. The lowest BCUT2D eigenvalue weighted by Gasteiger charge is -2.15. The van der Waals surface area contributed by atoms with Crippen molar-refractivity contribution in [3.05, 3.63) is 69.2 Å². The van der Waals surface area contributed by atoms with Crippen molar-refractivity contribution in [2.45, 2.75) is 13.0 Å². The first-order chi connectivity index (χ1) is 11.9. The maximum Gasteiger partial charge on any atom is 0.279 e. The largest absolute Gasteiger partial charge is 0.481 e. The summed E-state index contributed by atoms with van der Waals surface area (Å²) in [6.45, 7) is 1.52. The van der Waals surface area contributed by atoms with Gasteiger partial charge in [-0.15, -0.1) is 0 Å². The Labute approximate surface area is 147 Å². The number of carbonyl (C=O) groups is 2. The molecule has 1 atom stereocenters. The number of hydrogen-bond donors (Lipinski definition) is 2. The molecule has 2 N–H and O–H groups in total. The average Bonchev–Trinajstić information content (AvgIpc) is 2.61. The van der Waals surface area contributed by atoms with E-state index in [2.05, 4.69) is 10.9 Å². The highest BCUT2D eigenvalue weighted by molar-refractivity contribution is 6.30. The molecule has 0 fully saturated rings. The number of non-ortho nitro benzene ring substituents is 1. The Morgan fingerprint density at radius 2 is 1.68 bits per heavy atom. The number of nitro groups is 1. The van der Waals surface area contributed by atoms with Gasteiger partial charge in [0.2, 0.25) is 0 Å². The molecule has 0 aliphatic carbocycles. The summed E-state index contributed by atoms with van der Waals surface area (Å²) >= 11 is 5.76. The zero-order valence-corrected chi connectivity index (χ0v) is 13.8. The van der Waals surface area contributed by atoms with Crippen LogP contribution < -0.4 is 15.6 Å². The SMILES string of the molecule is CC(Oc1ccc(Cl)cc1)C(=O)NNC(=O)c1ccc([N+](=O)[O-])cc1. The van der Waals surface area contributed by atoms with Gasteiger partial charge in [0.05, 0.1) is 4.92 Å². The number of halogens is 1. The Hall–Kier alpha value is -3.13. The minimum atomic E-state index is -0.863. The molecule has 2 aromatic rings. The van der Waals surface area contributed by atoms with Gasteiger partial charge < -0.3 is 4.74 Å². The molecule has 0 saturated heterocycles. The fraction of sp³-hybridized carbons (Fsp3) is 0.125. The summed E-state index contributed by atoms with van der Waals surface area (Å²) in [4.78, 5) is 33.8. The van der Waals surface area contributed by atoms with E-state index in [1.165, 1.54) is 31.2 Å². The molecule has 0 aliphatic heterocycles. The van der Waals surface area contributed by atoms with Gasteiger partial charge in [-0.1, -0.05) is 11.6 Å². The Morgan fingerprint density at radius 1 is 1.08 bits per heavy atom. The summed E-state index contributed by atoms with van der Waals surface area (Å²) in [7, 11) is 0. The number of nitro benzene ring substituents is 1. The van der Waals surface area contributed by atoms with Gasteiger partial charge in [0, 0.05) is 22.7 Å². The summed E-state index contributed by atoms with van der Waals surface area (Å²) in [5.74, 6) is -0.721. The average molecular weight is 364 g/mol. The van der Waals surface area contributed by atoms with Gasteiger partial charge in [0.25, 0.3) is 17.5 Å². The number of rotatable bonds is 5. The lowest BCUT2D eigenvalue weighted by molar-refractivity contribution is -0.384. The smallest absolute Gasteiger partial charge is 0.279 e. The molecule has 0 saturated carbocycles. The van der Waals surface area contributed by atoms with E-state index in [0.717, 1.165) is 0 Å². The standard InChI is InChI=1S/C16H14ClN3O5/c1-10(25-14-8-4-12(17)5-9-14)15(21)18-19-16(22)11-2-6-13(7-3-11)20(23)24/h2-10H,1H3,(H,18,21)(H,19,22). The van der Waals surface area contributed by atoms with Gasteiger partial charge in [-0.05, 0) is 43.3 Å². The van der Waals surface area contributed by atoms with E-state index in [4.69, 9.17) is 16.3 Å². The molecule has 2 rings (SSSR count). The van der Waals surface area contributed by atoms with Gasteiger partial charge >= 0.3 is 0 Å². The molecule has 2 amide bonds. The number of ether oxygens (including phenoxy) is 1. The first-order valence-corrected chi connectivity index (χ1v) is 7.51. The van der Waals surface area contributed by atoms with Crippen LogP contribution in [0.15, 0.2) is 48.5 Å². The van der Waals surface area contributed by atoms with Gasteiger partial charge in [-0.2, -0.15) is 0 Å². The van der Waals surface area contributed by atoms with E-state index >= 15 is 0 Å². The Balaban J connectivity index is 1.86. The lowest BCUT2D eigenvalue weighted by atomic mass is 10.2. The van der Waals surface area contributed by atoms with Crippen LogP contribution in [-0.2, 0) is 4.79 Å². The summed E-state index contributed by atoms with van der Waals surface area (Å²) in [6.07, 6.45) is -0.863. The molecule has 9 heteroatoms. The number of nitrogens with one attached hydrogen (secondary N) is 2. The summed E-state index contributed by atoms with van der Waals surface area (Å²) in [6, 6.07) is 11.4. The van der Waals surface area contributed by atoms with Gasteiger partial charge in [0.15, 0.2) is 6.10 Å². The molecular weight excluding hydrogens is 350 g/mol. The molecule has 130 valence electrons. The number of carbonyl (C=O) groups excluding carboxylic acids is 2. The van der Waals surface area contributed by atoms with E-state index < -0.39 is 22.8 Å².